The van der Waals surface area contributed by atoms with Crippen LogP contribution in [-0.2, 0) is 30.1 Å². The maximum absolute atomic E-state index is 15.6. The van der Waals surface area contributed by atoms with Crippen molar-refractivity contribution in [3.63, 3.8) is 0 Å². The smallest absolute Gasteiger partial charge is 0.338 e. The van der Waals surface area contributed by atoms with Crippen LogP contribution in [0, 0.1) is 22.7 Å². The minimum Gasteiger partial charge on any atom is -0.497 e. The lowest BCUT2D eigenvalue weighted by Gasteiger charge is -2.53. The maximum Gasteiger partial charge on any atom is 0.338 e. The zero-order valence-corrected chi connectivity index (χ0v) is 31.6. The number of carbonyl (C=O) groups is 3. The first kappa shape index (κ1) is 37.1. The molecule has 8 nitrogen and oxygen atoms in total. The van der Waals surface area contributed by atoms with Crippen LogP contribution in [0.2, 0.25) is 18.1 Å². The van der Waals surface area contributed by atoms with Crippen LogP contribution in [0.1, 0.15) is 83.1 Å². The second-order valence-corrected chi connectivity index (χ2v) is 21.3. The van der Waals surface area contributed by atoms with Crippen molar-refractivity contribution in [1.82, 2.24) is 0 Å². The highest BCUT2D eigenvalue weighted by Crippen LogP contribution is 2.60. The molecule has 0 saturated heterocycles. The highest BCUT2D eigenvalue weighted by atomic mass is 28.4. The second-order valence-electron chi connectivity index (χ2n) is 16.6. The third-order valence-electron chi connectivity index (χ3n) is 12.5. The van der Waals surface area contributed by atoms with Crippen molar-refractivity contribution in [2.45, 2.75) is 116 Å². The number of rotatable bonds is 8. The predicted molar refractivity (Wildman–Crippen MR) is 191 cm³/mol. The van der Waals surface area contributed by atoms with Gasteiger partial charge in [0.15, 0.2) is 20.2 Å². The van der Waals surface area contributed by atoms with Crippen LogP contribution in [0.4, 0.5) is 0 Å². The lowest BCUT2D eigenvalue weighted by molar-refractivity contribution is -0.165. The van der Waals surface area contributed by atoms with Crippen molar-refractivity contribution in [1.29, 1.82) is 0 Å². The molecule has 3 aliphatic rings. The fourth-order valence-corrected chi connectivity index (χ4v) is 9.56. The van der Waals surface area contributed by atoms with E-state index in [2.05, 4.69) is 40.4 Å². The highest BCUT2D eigenvalue weighted by molar-refractivity contribution is 6.74. The van der Waals surface area contributed by atoms with Crippen LogP contribution in [-0.4, -0.2) is 62.0 Å². The molecule has 2 aromatic rings. The third kappa shape index (κ3) is 6.37. The normalized spacial score (nSPS) is 31.7. The number of benzene rings is 2. The van der Waals surface area contributed by atoms with Gasteiger partial charge in [-0.25, -0.2) is 4.79 Å². The van der Waals surface area contributed by atoms with Gasteiger partial charge in [0.25, 0.3) is 0 Å². The molecule has 0 aliphatic heterocycles. The molecule has 3 saturated carbocycles. The first-order valence-electron chi connectivity index (χ1n) is 17.5. The van der Waals surface area contributed by atoms with Gasteiger partial charge in [0.2, 0.25) is 5.78 Å². The van der Waals surface area contributed by atoms with Gasteiger partial charge in [-0.3, -0.25) is 9.59 Å². The molecule has 7 atom stereocenters. The van der Waals surface area contributed by atoms with Gasteiger partial charge in [-0.2, -0.15) is 0 Å². The second kappa shape index (κ2) is 13.2. The van der Waals surface area contributed by atoms with E-state index in [9.17, 15) is 14.7 Å². The van der Waals surface area contributed by atoms with E-state index < -0.39 is 66.6 Å². The van der Waals surface area contributed by atoms with Crippen LogP contribution in [0.25, 0.3) is 0 Å². The number of hydrogen-bond donors (Lipinski definition) is 1. The van der Waals surface area contributed by atoms with Crippen molar-refractivity contribution in [3.05, 3.63) is 77.9 Å². The van der Waals surface area contributed by atoms with Crippen LogP contribution < -0.4 is 4.74 Å². The Morgan fingerprint density at radius 1 is 0.959 bits per heavy atom. The van der Waals surface area contributed by atoms with Gasteiger partial charge in [0.1, 0.15) is 17.5 Å². The molecule has 3 fully saturated rings. The minimum atomic E-state index is -2.47. The Bertz CT molecular complexity index is 1580. The molecule has 9 heteroatoms. The number of methoxy groups -OCH3 is 1. The number of carbonyl (C=O) groups excluding carboxylic acids is 3. The molecule has 3 aliphatic carbocycles. The molecule has 2 aromatic carbocycles. The minimum absolute atomic E-state index is 0.109. The summed E-state index contributed by atoms with van der Waals surface area (Å²) >= 11 is 0. The monoisotopic (exact) mass is 690 g/mol. The van der Waals surface area contributed by atoms with Crippen molar-refractivity contribution in [3.8, 4) is 5.75 Å². The molecular formula is C40H54O8Si. The van der Waals surface area contributed by atoms with E-state index in [-0.39, 0.29) is 29.4 Å². The average Bonchev–Trinajstić information content (AvgIpc) is 3.30. The van der Waals surface area contributed by atoms with Crippen molar-refractivity contribution in [2.24, 2.45) is 22.7 Å². The summed E-state index contributed by atoms with van der Waals surface area (Å²) in [4.78, 5) is 44.4. The first-order chi connectivity index (χ1) is 22.8. The van der Waals surface area contributed by atoms with Crippen molar-refractivity contribution < 1.29 is 38.1 Å². The number of hydrogen-bond acceptors (Lipinski definition) is 8. The van der Waals surface area contributed by atoms with E-state index >= 15 is 4.79 Å². The Balaban J connectivity index is 1.69. The van der Waals surface area contributed by atoms with Gasteiger partial charge in [-0.05, 0) is 80.6 Å². The molecule has 0 radical (unpaired) electrons. The molecule has 5 rings (SSSR count). The Morgan fingerprint density at radius 3 is 2.18 bits per heavy atom. The number of fused-ring (bicyclic) bond motifs is 3. The zero-order chi connectivity index (χ0) is 36.2. The Morgan fingerprint density at radius 2 is 1.59 bits per heavy atom. The highest BCUT2D eigenvalue weighted by Gasteiger charge is 2.69. The molecule has 49 heavy (non-hydrogen) atoms. The van der Waals surface area contributed by atoms with E-state index in [1.54, 1.807) is 37.4 Å². The van der Waals surface area contributed by atoms with Gasteiger partial charge in [-0.15, -0.1) is 0 Å². The summed E-state index contributed by atoms with van der Waals surface area (Å²) in [6.07, 6.45) is -1.58. The van der Waals surface area contributed by atoms with Gasteiger partial charge >= 0.3 is 5.97 Å². The zero-order valence-electron chi connectivity index (χ0n) is 30.6. The summed E-state index contributed by atoms with van der Waals surface area (Å²) in [6, 6.07) is 16.0. The van der Waals surface area contributed by atoms with Gasteiger partial charge in [-0.1, -0.05) is 77.1 Å². The van der Waals surface area contributed by atoms with Gasteiger partial charge in [0.05, 0.1) is 30.8 Å². The topological polar surface area (TPSA) is 108 Å². The Hall–Kier alpha value is -3.11. The molecule has 0 aromatic heterocycles. The molecule has 0 amide bonds. The number of ether oxygens (including phenoxy) is 3. The summed E-state index contributed by atoms with van der Waals surface area (Å²) in [5.41, 5.74) is -2.60. The van der Waals surface area contributed by atoms with E-state index in [0.29, 0.717) is 30.6 Å². The lowest BCUT2D eigenvalue weighted by Crippen LogP contribution is -2.62. The summed E-state index contributed by atoms with van der Waals surface area (Å²) in [6.45, 7) is 20.8. The molecule has 0 spiro atoms. The largest absolute Gasteiger partial charge is 0.497 e. The van der Waals surface area contributed by atoms with E-state index in [4.69, 9.17) is 18.6 Å². The quantitative estimate of drug-likeness (QED) is 0.173. The molecule has 1 N–H and O–H groups in total. The van der Waals surface area contributed by atoms with Crippen LogP contribution in [0.15, 0.2) is 66.7 Å². The lowest BCUT2D eigenvalue weighted by atomic mass is 9.57. The SMILES string of the molecule is C=C1CC[C@H](O[Si](C)(C)C(C)(C)C)[C@@]2(C)C(=O)[C@H](OCc3ccc(OC)cc3)[C@H]3CC[C@@](O)(C(=O)[C@@H](OC(=O)c4ccccc4)[C@H]12)C3(C)C. The number of esters is 1. The maximum atomic E-state index is 15.6. The number of aliphatic hydroxyl groups is 1. The van der Waals surface area contributed by atoms with E-state index in [1.165, 1.54) is 0 Å². The van der Waals surface area contributed by atoms with Crippen LogP contribution in [0.3, 0.4) is 0 Å². The molecule has 266 valence electrons. The van der Waals surface area contributed by atoms with Crippen LogP contribution in [0.5, 0.6) is 5.75 Å². The Kier molecular flexibility index (Phi) is 10.0. The van der Waals surface area contributed by atoms with E-state index in [0.717, 1.165) is 5.56 Å². The van der Waals surface area contributed by atoms with Crippen LogP contribution >= 0.6 is 0 Å². The average molecular weight is 691 g/mol. The summed E-state index contributed by atoms with van der Waals surface area (Å²) < 4.78 is 25.4. The fraction of sp³-hybridized carbons (Fsp3) is 0.575. The number of Topliss-reactive ketones (excluding diaryl/α,β-unsaturated/α-hetero) is 2. The first-order valence-corrected chi connectivity index (χ1v) is 20.4. The summed E-state index contributed by atoms with van der Waals surface area (Å²) in [7, 11) is -0.866. The molecular weight excluding hydrogens is 637 g/mol. The Labute approximate surface area is 292 Å². The molecule has 0 heterocycles. The molecule has 0 unspecified atom stereocenters. The molecule has 2 bridgehead atoms. The van der Waals surface area contributed by atoms with Crippen molar-refractivity contribution in [2.75, 3.05) is 7.11 Å². The van der Waals surface area contributed by atoms with Gasteiger partial charge in [0, 0.05) is 17.3 Å². The van der Waals surface area contributed by atoms with Gasteiger partial charge < -0.3 is 23.7 Å². The van der Waals surface area contributed by atoms with E-state index in [1.807, 2.05) is 45.0 Å². The summed E-state index contributed by atoms with van der Waals surface area (Å²) in [5.74, 6) is -2.25. The third-order valence-corrected chi connectivity index (χ3v) is 17.0. The fourth-order valence-electron chi connectivity index (χ4n) is 8.13. The summed E-state index contributed by atoms with van der Waals surface area (Å²) in [5, 5.41) is 12.3. The number of ketones is 2. The standard InChI is InChI=1S/C40H54O8Si/c1-25-16-21-30(48-49(9,10)37(2,3)4)39(7)31(25)33(47-36(43)27-14-12-11-13-15-27)35(42)40(44)23-22-29(38(40,5)6)32(34(39)41)46-24-26-17-19-28(45-8)20-18-26/h11-15,17-20,29-33,44H,1,16,21-24H2,2-10H3/t29-,30+,31+,32-,33+,39-,40-/m1/s1. The predicted octanol–water partition coefficient (Wildman–Crippen LogP) is 7.49. The van der Waals surface area contributed by atoms with Crippen molar-refractivity contribution >= 4 is 25.9 Å².